The van der Waals surface area contributed by atoms with Gasteiger partial charge in [-0.2, -0.15) is 0 Å². The van der Waals surface area contributed by atoms with E-state index in [4.69, 9.17) is 18.9 Å². The molecule has 0 spiro atoms. The second-order valence-electron chi connectivity index (χ2n) is 13.5. The van der Waals surface area contributed by atoms with E-state index in [2.05, 4.69) is 5.32 Å². The molecule has 0 aromatic heterocycles. The van der Waals surface area contributed by atoms with Gasteiger partial charge in [-0.25, -0.2) is 4.79 Å². The van der Waals surface area contributed by atoms with E-state index in [9.17, 15) is 34.5 Å². The first-order chi connectivity index (χ1) is 26.7. The number of nitrogens with one attached hydrogen (secondary N) is 1. The Morgan fingerprint density at radius 2 is 1.33 bits per heavy atom. The minimum Gasteiger partial charge on any atom is -0.460 e. The molecule has 13 heteroatoms. The zero-order valence-corrected chi connectivity index (χ0v) is 30.0. The highest BCUT2D eigenvalue weighted by molar-refractivity contribution is 6.02. The third kappa shape index (κ3) is 10.2. The van der Waals surface area contributed by atoms with Crippen LogP contribution in [-0.4, -0.2) is 88.5 Å². The first-order valence-corrected chi connectivity index (χ1v) is 18.2. The molecule has 0 aliphatic carbocycles. The fourth-order valence-electron chi connectivity index (χ4n) is 6.58. The van der Waals surface area contributed by atoms with E-state index >= 15 is 0 Å². The van der Waals surface area contributed by atoms with Gasteiger partial charge in [0, 0.05) is 5.69 Å². The van der Waals surface area contributed by atoms with Gasteiger partial charge in [0.1, 0.15) is 44.1 Å². The molecule has 0 saturated carbocycles. The monoisotopic (exact) mass is 752 g/mol. The molecule has 55 heavy (non-hydrogen) atoms. The smallest absolute Gasteiger partial charge is 0.338 e. The fraction of sp³-hybridized carbons (Fsp3) is 0.333. The average molecular weight is 753 g/mol. The number of carbonyl (C=O) groups excluding carboxylic acids is 4. The van der Waals surface area contributed by atoms with E-state index in [0.29, 0.717) is 36.9 Å². The van der Waals surface area contributed by atoms with Crippen molar-refractivity contribution in [3.63, 3.8) is 0 Å². The summed E-state index contributed by atoms with van der Waals surface area (Å²) in [6.45, 7) is -0.744. The molecule has 2 heterocycles. The van der Waals surface area contributed by atoms with Crippen molar-refractivity contribution in [1.82, 2.24) is 5.32 Å². The predicted molar refractivity (Wildman–Crippen MR) is 198 cm³/mol. The molecule has 0 unspecified atom stereocenters. The quantitative estimate of drug-likeness (QED) is 0.109. The Morgan fingerprint density at radius 3 is 1.98 bits per heavy atom. The molecule has 1 fully saturated rings. The van der Waals surface area contributed by atoms with E-state index < -0.39 is 73.1 Å². The van der Waals surface area contributed by atoms with Crippen LogP contribution in [0.5, 0.6) is 0 Å². The zero-order valence-electron chi connectivity index (χ0n) is 30.0. The molecule has 0 radical (unpaired) electrons. The largest absolute Gasteiger partial charge is 0.460 e. The molecule has 1 saturated heterocycles. The molecule has 0 bridgehead atoms. The van der Waals surface area contributed by atoms with Crippen molar-refractivity contribution in [3.05, 3.63) is 138 Å². The molecule has 2 aliphatic rings. The van der Waals surface area contributed by atoms with Gasteiger partial charge in [0.25, 0.3) is 0 Å². The van der Waals surface area contributed by atoms with Crippen molar-refractivity contribution >= 4 is 29.5 Å². The van der Waals surface area contributed by atoms with E-state index in [1.807, 2.05) is 72.8 Å². The number of hydrogen-bond donors (Lipinski definition) is 4. The van der Waals surface area contributed by atoms with Gasteiger partial charge in [-0.15, -0.1) is 0 Å². The van der Waals surface area contributed by atoms with Crippen LogP contribution in [0.4, 0.5) is 5.69 Å². The fourth-order valence-corrected chi connectivity index (χ4v) is 6.58. The first kappa shape index (κ1) is 39.3. The number of aliphatic hydroxyl groups is 3. The highest BCUT2D eigenvalue weighted by Crippen LogP contribution is 2.29. The number of aliphatic hydroxyl groups excluding tert-OH is 3. The molecule has 6 rings (SSSR count). The molecule has 4 aromatic rings. The van der Waals surface area contributed by atoms with Gasteiger partial charge in [-0.1, -0.05) is 109 Å². The summed E-state index contributed by atoms with van der Waals surface area (Å²) < 4.78 is 21.9. The molecular formula is C42H44N2O11. The van der Waals surface area contributed by atoms with Crippen LogP contribution in [0.3, 0.4) is 0 Å². The van der Waals surface area contributed by atoms with Gasteiger partial charge in [0.05, 0.1) is 6.04 Å². The molecule has 13 nitrogen and oxygen atoms in total. The van der Waals surface area contributed by atoms with Crippen molar-refractivity contribution in [2.75, 3.05) is 11.4 Å². The second-order valence-corrected chi connectivity index (χ2v) is 13.5. The number of aryl methyl sites for hydroxylation is 2. The summed E-state index contributed by atoms with van der Waals surface area (Å²) in [4.78, 5) is 55.5. The standard InChI is InChI=1S/C42H44N2O11/c45-34(54-42-37(48)35(46)36(47)38(55-42)41(51)53-26-29-16-8-3-9-17-29)24-44-33-19-11-10-18-30(33)21-23-31(39(44)49)43-32(22-20-27-12-4-1-5-13-27)40(50)52-25-28-14-6-2-7-15-28/h1-19,31-32,35-38,42-43,46-48H,20-26H2/t31-,32-,35-,36-,37-,38+,42+/m0/s1. The summed E-state index contributed by atoms with van der Waals surface area (Å²) in [5.41, 5.74) is 3.70. The lowest BCUT2D eigenvalue weighted by atomic mass is 9.99. The lowest BCUT2D eigenvalue weighted by molar-refractivity contribution is -0.287. The van der Waals surface area contributed by atoms with Crippen molar-refractivity contribution in [2.24, 2.45) is 0 Å². The normalized spacial score (nSPS) is 22.8. The summed E-state index contributed by atoms with van der Waals surface area (Å²) in [5.74, 6) is -3.11. The maximum absolute atomic E-state index is 14.3. The number of carbonyl (C=O) groups is 4. The van der Waals surface area contributed by atoms with E-state index in [-0.39, 0.29) is 13.2 Å². The molecule has 1 amide bonds. The molecule has 4 aromatic carbocycles. The van der Waals surface area contributed by atoms with Gasteiger partial charge in [0.15, 0.2) is 6.10 Å². The summed E-state index contributed by atoms with van der Waals surface area (Å²) in [5, 5.41) is 35.0. The van der Waals surface area contributed by atoms with E-state index in [0.717, 1.165) is 16.7 Å². The molecule has 7 atom stereocenters. The number of esters is 3. The predicted octanol–water partition coefficient (Wildman–Crippen LogP) is 2.76. The van der Waals surface area contributed by atoms with Crippen molar-refractivity contribution < 1.29 is 53.4 Å². The van der Waals surface area contributed by atoms with Crippen molar-refractivity contribution in [1.29, 1.82) is 0 Å². The number of anilines is 1. The number of amides is 1. The van der Waals surface area contributed by atoms with E-state index in [1.54, 1.807) is 42.5 Å². The highest BCUT2D eigenvalue weighted by Gasteiger charge is 2.49. The SMILES string of the molecule is O=C(CN1C(=O)[C@@H](N[C@@H](CCc2ccccc2)C(=O)OCc2ccccc2)CCc2ccccc21)O[C@@H]1O[C@@H](C(=O)OCc2ccccc2)[C@@H](O)[C@H](O)[C@@H]1O. The Bertz CT molecular complexity index is 1900. The number of para-hydroxylation sites is 1. The maximum Gasteiger partial charge on any atom is 0.338 e. The topological polar surface area (TPSA) is 181 Å². The Hall–Kier alpha value is -5.44. The first-order valence-electron chi connectivity index (χ1n) is 18.2. The maximum atomic E-state index is 14.3. The van der Waals surface area contributed by atoms with Crippen LogP contribution in [0, 0.1) is 0 Å². The lowest BCUT2D eigenvalue weighted by Crippen LogP contribution is -2.61. The zero-order chi connectivity index (χ0) is 38.7. The van der Waals surface area contributed by atoms with Gasteiger partial charge in [-0.3, -0.25) is 24.6 Å². The number of ether oxygens (including phenoxy) is 4. The van der Waals surface area contributed by atoms with Gasteiger partial charge >= 0.3 is 17.9 Å². The Morgan fingerprint density at radius 1 is 0.745 bits per heavy atom. The van der Waals surface area contributed by atoms with Crippen LogP contribution in [0.15, 0.2) is 115 Å². The van der Waals surface area contributed by atoms with Crippen molar-refractivity contribution in [2.45, 2.75) is 81.7 Å². The van der Waals surface area contributed by atoms with Crippen LogP contribution >= 0.6 is 0 Å². The number of nitrogens with zero attached hydrogens (tertiary/aromatic N) is 1. The molecule has 4 N–H and O–H groups in total. The molecule has 288 valence electrons. The molecular weight excluding hydrogens is 708 g/mol. The number of hydrogen-bond acceptors (Lipinski definition) is 12. The van der Waals surface area contributed by atoms with Crippen LogP contribution in [-0.2, 0) is 64.2 Å². The highest BCUT2D eigenvalue weighted by atomic mass is 16.7. The van der Waals surface area contributed by atoms with Gasteiger partial charge in [-0.05, 0) is 54.0 Å². The van der Waals surface area contributed by atoms with Crippen LogP contribution in [0.1, 0.15) is 35.1 Å². The minimum absolute atomic E-state index is 0.0532. The summed E-state index contributed by atoms with van der Waals surface area (Å²) >= 11 is 0. The lowest BCUT2D eigenvalue weighted by Gasteiger charge is -2.38. The summed E-state index contributed by atoms with van der Waals surface area (Å²) in [6.07, 6.45) is -7.80. The van der Waals surface area contributed by atoms with Gasteiger partial charge < -0.3 is 34.3 Å². The van der Waals surface area contributed by atoms with Crippen LogP contribution < -0.4 is 10.2 Å². The van der Waals surface area contributed by atoms with Crippen LogP contribution in [0.2, 0.25) is 0 Å². The average Bonchev–Trinajstić information content (AvgIpc) is 3.34. The van der Waals surface area contributed by atoms with E-state index in [1.165, 1.54) is 4.90 Å². The minimum atomic E-state index is -1.93. The van der Waals surface area contributed by atoms with Gasteiger partial charge in [0.2, 0.25) is 12.2 Å². The summed E-state index contributed by atoms with van der Waals surface area (Å²) in [6, 6.07) is 32.9. The number of benzene rings is 4. The number of fused-ring (bicyclic) bond motifs is 1. The summed E-state index contributed by atoms with van der Waals surface area (Å²) in [7, 11) is 0. The Labute approximate surface area is 318 Å². The van der Waals surface area contributed by atoms with Crippen LogP contribution in [0.25, 0.3) is 0 Å². The Balaban J connectivity index is 1.15. The van der Waals surface area contributed by atoms with Crippen molar-refractivity contribution in [3.8, 4) is 0 Å². The third-order valence-corrected chi connectivity index (χ3v) is 9.58. The second kappa shape index (κ2) is 18.7. The third-order valence-electron chi connectivity index (χ3n) is 9.58. The number of rotatable bonds is 14. The molecule has 2 aliphatic heterocycles. The Kier molecular flexibility index (Phi) is 13.4.